The summed E-state index contributed by atoms with van der Waals surface area (Å²) in [6.07, 6.45) is -2.12. The summed E-state index contributed by atoms with van der Waals surface area (Å²) < 4.78 is 74.9. The van der Waals surface area contributed by atoms with E-state index in [1.807, 2.05) is 0 Å². The van der Waals surface area contributed by atoms with E-state index in [4.69, 9.17) is 0 Å². The van der Waals surface area contributed by atoms with E-state index in [0.717, 1.165) is 4.68 Å². The molecule has 2 amide bonds. The van der Waals surface area contributed by atoms with Crippen molar-refractivity contribution in [2.24, 2.45) is 0 Å². The van der Waals surface area contributed by atoms with Crippen molar-refractivity contribution in [2.75, 3.05) is 25.0 Å². The summed E-state index contributed by atoms with van der Waals surface area (Å²) in [6.45, 7) is 0.0681. The Morgan fingerprint density at radius 2 is 2.00 bits per heavy atom. The summed E-state index contributed by atoms with van der Waals surface area (Å²) in [4.78, 5) is 38.5. The number of benzene rings is 1. The third-order valence-electron chi connectivity index (χ3n) is 6.61. The minimum atomic E-state index is -3.35. The van der Waals surface area contributed by atoms with Crippen LogP contribution in [0.15, 0.2) is 53.6 Å². The molecule has 0 spiro atoms. The zero-order chi connectivity index (χ0) is 31.9. The lowest BCUT2D eigenvalue weighted by atomic mass is 10.1. The zero-order valence-electron chi connectivity index (χ0n) is 23.8. The van der Waals surface area contributed by atoms with Gasteiger partial charge in [0, 0.05) is 44.4 Å². The van der Waals surface area contributed by atoms with E-state index in [1.54, 1.807) is 6.07 Å². The average Bonchev–Trinajstić information content (AvgIpc) is 3.38. The molecule has 1 unspecified atom stereocenters. The Morgan fingerprint density at radius 1 is 1.20 bits per heavy atom. The average molecular weight is 626 g/mol. The number of amides is 2. The molecule has 1 atom stereocenters. The fourth-order valence-electron chi connectivity index (χ4n) is 4.62. The molecule has 3 aromatic rings. The zero-order valence-corrected chi connectivity index (χ0v) is 23.8. The van der Waals surface area contributed by atoms with Crippen molar-refractivity contribution in [2.45, 2.75) is 64.0 Å². The second kappa shape index (κ2) is 14.0. The van der Waals surface area contributed by atoms with Crippen LogP contribution in [0.5, 0.6) is 5.75 Å². The normalized spacial score (nSPS) is 15.9. The summed E-state index contributed by atoms with van der Waals surface area (Å²) in [7, 11) is 0. The summed E-state index contributed by atoms with van der Waals surface area (Å²) in [5, 5.41) is 12.6. The van der Waals surface area contributed by atoms with Gasteiger partial charge >= 0.3 is 6.11 Å². The molecule has 1 saturated heterocycles. The van der Waals surface area contributed by atoms with Crippen LogP contribution in [0, 0.1) is 0 Å². The van der Waals surface area contributed by atoms with Crippen LogP contribution in [0.4, 0.5) is 27.6 Å². The molecule has 0 bridgehead atoms. The van der Waals surface area contributed by atoms with Crippen LogP contribution in [0.25, 0.3) is 0 Å². The van der Waals surface area contributed by atoms with Crippen LogP contribution < -0.4 is 20.9 Å². The number of carbonyl (C=O) groups is 2. The van der Waals surface area contributed by atoms with Crippen LogP contribution in [-0.4, -0.2) is 74.1 Å². The molecule has 1 aliphatic rings. The molecule has 1 aliphatic heterocycles. The van der Waals surface area contributed by atoms with Crippen molar-refractivity contribution < 1.29 is 36.3 Å². The predicted octanol–water partition coefficient (Wildman–Crippen LogP) is 3.46. The van der Waals surface area contributed by atoms with Gasteiger partial charge < -0.3 is 19.9 Å². The monoisotopic (exact) mass is 625 g/mol. The number of aromatic nitrogens is 4. The Balaban J connectivity index is 1.21. The van der Waals surface area contributed by atoms with E-state index < -0.39 is 42.1 Å². The fourth-order valence-corrected chi connectivity index (χ4v) is 4.62. The first-order chi connectivity index (χ1) is 20.7. The first kappa shape index (κ1) is 32.6. The number of piperidine rings is 1. The Labute approximate surface area is 249 Å². The number of carbonyl (C=O) groups excluding carboxylic acids is 2. The smallest absolute Gasteiger partial charge is 0.394 e. The highest BCUT2D eigenvalue weighted by molar-refractivity contribution is 5.92. The molecule has 11 nitrogen and oxygen atoms in total. The van der Waals surface area contributed by atoms with Crippen molar-refractivity contribution in [1.29, 1.82) is 0 Å². The predicted molar refractivity (Wildman–Crippen MR) is 148 cm³/mol. The van der Waals surface area contributed by atoms with Crippen molar-refractivity contribution in [3.8, 4) is 5.75 Å². The summed E-state index contributed by atoms with van der Waals surface area (Å²) in [5.74, 6) is -4.02. The van der Waals surface area contributed by atoms with Gasteiger partial charge in [0.25, 0.3) is 17.4 Å². The van der Waals surface area contributed by atoms with Crippen molar-refractivity contribution >= 4 is 17.5 Å². The highest BCUT2D eigenvalue weighted by Crippen LogP contribution is 2.26. The van der Waals surface area contributed by atoms with Gasteiger partial charge in [0.05, 0.1) is 25.8 Å². The summed E-state index contributed by atoms with van der Waals surface area (Å²) in [6, 6.07) is 8.47. The molecule has 1 fully saturated rings. The number of nitrogens with zero attached hydrogens (tertiary/aromatic N) is 5. The molecule has 3 heterocycles. The van der Waals surface area contributed by atoms with E-state index >= 15 is 0 Å². The first-order valence-electron chi connectivity index (χ1n) is 13.8. The first-order valence-corrected chi connectivity index (χ1v) is 13.8. The molecule has 238 valence electrons. The van der Waals surface area contributed by atoms with Crippen LogP contribution >= 0.6 is 0 Å². The minimum Gasteiger partial charge on any atom is -0.433 e. The number of anilines is 1. The quantitative estimate of drug-likeness (QED) is 0.279. The van der Waals surface area contributed by atoms with Crippen LogP contribution in [-0.2, 0) is 24.4 Å². The molecule has 2 N–H and O–H groups in total. The van der Waals surface area contributed by atoms with Gasteiger partial charge in [0.15, 0.2) is 5.69 Å². The third kappa shape index (κ3) is 10.1. The third-order valence-corrected chi connectivity index (χ3v) is 6.61. The molecular formula is C28H32F5N7O4. The standard InChI is InChI=1S/C28H32F5N7O4/c1-27(30,31)44-22-5-2-4-19(12-22)14-34-26(43)23-16-40(37-36-23)15-20(29)6-10-39-11-7-21(13-25(39)42)35-24(41)17-38-9-3-8-28(32,33)18-38/h2,4-5,7,11-13,16,20H,3,6,8-10,14-15,17-18H2,1H3,(H,34,43)(H,35,41). The molecule has 0 aliphatic carbocycles. The van der Waals surface area contributed by atoms with E-state index in [0.29, 0.717) is 25.5 Å². The summed E-state index contributed by atoms with van der Waals surface area (Å²) in [5.41, 5.74) is 0.146. The van der Waals surface area contributed by atoms with Crippen molar-refractivity contribution in [3.63, 3.8) is 0 Å². The Bertz CT molecular complexity index is 1510. The maximum atomic E-state index is 14.7. The van der Waals surface area contributed by atoms with Gasteiger partial charge in [0.1, 0.15) is 11.9 Å². The topological polar surface area (TPSA) is 123 Å². The number of ether oxygens (including phenoxy) is 1. The minimum absolute atomic E-state index is 0.00149. The maximum absolute atomic E-state index is 14.7. The second-order valence-electron chi connectivity index (χ2n) is 10.6. The molecule has 0 saturated carbocycles. The molecule has 1 aromatic carbocycles. The van der Waals surface area contributed by atoms with E-state index in [1.165, 1.54) is 52.2 Å². The Kier molecular flexibility index (Phi) is 10.3. The number of likely N-dealkylation sites (tertiary alicyclic amines) is 1. The Morgan fingerprint density at radius 3 is 2.73 bits per heavy atom. The van der Waals surface area contributed by atoms with Gasteiger partial charge in [0.2, 0.25) is 5.91 Å². The van der Waals surface area contributed by atoms with Gasteiger partial charge in [-0.1, -0.05) is 17.3 Å². The number of hydrogen-bond donors (Lipinski definition) is 2. The molecule has 44 heavy (non-hydrogen) atoms. The van der Waals surface area contributed by atoms with E-state index in [9.17, 15) is 36.3 Å². The molecule has 2 aromatic heterocycles. The van der Waals surface area contributed by atoms with Gasteiger partial charge in [-0.05, 0) is 43.1 Å². The lowest BCUT2D eigenvalue weighted by Crippen LogP contribution is -2.45. The van der Waals surface area contributed by atoms with Crippen molar-refractivity contribution in [3.05, 3.63) is 70.4 Å². The SMILES string of the molecule is CC(F)(F)Oc1cccc(CNC(=O)c2cn(CC(F)CCn3ccc(NC(=O)CN4CCCC(F)(F)C4)cc3=O)nn2)c1. The van der Waals surface area contributed by atoms with Gasteiger partial charge in [-0.15, -0.1) is 5.10 Å². The van der Waals surface area contributed by atoms with Crippen LogP contribution in [0.1, 0.15) is 42.2 Å². The van der Waals surface area contributed by atoms with E-state index in [-0.39, 0.29) is 56.2 Å². The highest BCUT2D eigenvalue weighted by Gasteiger charge is 2.35. The number of pyridine rings is 1. The molecule has 4 rings (SSSR count). The molecule has 0 radical (unpaired) electrons. The fraction of sp³-hybridized carbons (Fsp3) is 0.464. The highest BCUT2D eigenvalue weighted by atomic mass is 19.3. The summed E-state index contributed by atoms with van der Waals surface area (Å²) >= 11 is 0. The van der Waals surface area contributed by atoms with Crippen LogP contribution in [0.2, 0.25) is 0 Å². The number of nitrogens with one attached hydrogen (secondary N) is 2. The largest absolute Gasteiger partial charge is 0.433 e. The number of halogens is 5. The van der Waals surface area contributed by atoms with E-state index in [2.05, 4.69) is 25.7 Å². The van der Waals surface area contributed by atoms with Crippen molar-refractivity contribution in [1.82, 2.24) is 29.8 Å². The number of aryl methyl sites for hydroxylation is 1. The van der Waals surface area contributed by atoms with Crippen LogP contribution in [0.3, 0.4) is 0 Å². The lowest BCUT2D eigenvalue weighted by Gasteiger charge is -2.31. The van der Waals surface area contributed by atoms with Gasteiger partial charge in [-0.2, -0.15) is 8.78 Å². The van der Waals surface area contributed by atoms with Gasteiger partial charge in [-0.25, -0.2) is 17.9 Å². The number of alkyl halides is 5. The molecule has 16 heteroatoms. The maximum Gasteiger partial charge on any atom is 0.394 e. The lowest BCUT2D eigenvalue weighted by molar-refractivity contribution is -0.159. The number of rotatable bonds is 13. The number of hydrogen-bond acceptors (Lipinski definition) is 7. The second-order valence-corrected chi connectivity index (χ2v) is 10.6. The molecular weight excluding hydrogens is 593 g/mol. The van der Waals surface area contributed by atoms with Gasteiger partial charge in [-0.3, -0.25) is 19.3 Å². The Hall–Kier alpha value is -4.34.